The Hall–Kier alpha value is -0.870. The summed E-state index contributed by atoms with van der Waals surface area (Å²) in [5, 5.41) is 43.1. The molecule has 0 radical (unpaired) electrons. The topological polar surface area (TPSA) is 158 Å². The maximum Gasteiger partial charge on any atom is 0.222 e. The van der Waals surface area contributed by atoms with Crippen LogP contribution in [0.5, 0.6) is 0 Å². The SMILES string of the molecule is O=C(CCCCC(=O)NCCO[C@H]1O[C@H](CO)[C@@H](O)[C@H](O)[C@@H]1O)NP. The molecule has 1 rings (SSSR count). The number of rotatable bonds is 10. The van der Waals surface area contributed by atoms with E-state index >= 15 is 0 Å². The van der Waals surface area contributed by atoms with Crippen molar-refractivity contribution in [3.63, 3.8) is 0 Å². The van der Waals surface area contributed by atoms with Gasteiger partial charge in [0, 0.05) is 19.4 Å². The minimum Gasteiger partial charge on any atom is -0.394 e. The van der Waals surface area contributed by atoms with Gasteiger partial charge in [0.25, 0.3) is 0 Å². The summed E-state index contributed by atoms with van der Waals surface area (Å²) in [6.07, 6.45) is -4.81. The Labute approximate surface area is 148 Å². The molecule has 1 fully saturated rings. The number of nitrogens with one attached hydrogen (secondary N) is 2. The fraction of sp³-hybridized carbons (Fsp3) is 0.857. The predicted molar refractivity (Wildman–Crippen MR) is 89.0 cm³/mol. The average Bonchev–Trinajstić information content (AvgIpc) is 2.61. The number of ether oxygens (including phenoxy) is 2. The minimum atomic E-state index is -1.50. The van der Waals surface area contributed by atoms with Gasteiger partial charge in [0.05, 0.1) is 13.2 Å². The lowest BCUT2D eigenvalue weighted by atomic mass is 9.99. The van der Waals surface area contributed by atoms with Gasteiger partial charge in [-0.3, -0.25) is 9.59 Å². The van der Waals surface area contributed by atoms with E-state index in [0.29, 0.717) is 19.3 Å². The molecule has 6 N–H and O–H groups in total. The van der Waals surface area contributed by atoms with Crippen molar-refractivity contribution in [2.75, 3.05) is 19.8 Å². The number of carbonyl (C=O) groups is 2. The molecular formula is C14H27N2O8P. The molecule has 146 valence electrons. The van der Waals surface area contributed by atoms with Crippen LogP contribution in [0.4, 0.5) is 0 Å². The Morgan fingerprint density at radius 1 is 1.04 bits per heavy atom. The molecule has 1 unspecified atom stereocenters. The van der Waals surface area contributed by atoms with E-state index in [2.05, 4.69) is 19.8 Å². The highest BCUT2D eigenvalue weighted by Crippen LogP contribution is 2.21. The summed E-state index contributed by atoms with van der Waals surface area (Å²) >= 11 is 0. The fourth-order valence-corrected chi connectivity index (χ4v) is 2.45. The number of hydrogen-bond acceptors (Lipinski definition) is 8. The van der Waals surface area contributed by atoms with E-state index in [1.807, 2.05) is 0 Å². The Balaban J connectivity index is 2.17. The first kappa shape index (κ1) is 22.2. The van der Waals surface area contributed by atoms with Gasteiger partial charge in [0.15, 0.2) is 6.29 Å². The van der Waals surface area contributed by atoms with Crippen LogP contribution in [0.1, 0.15) is 25.7 Å². The summed E-state index contributed by atoms with van der Waals surface area (Å²) in [4.78, 5) is 22.6. The third kappa shape index (κ3) is 7.49. The number of amides is 2. The van der Waals surface area contributed by atoms with Crippen LogP contribution in [-0.2, 0) is 19.1 Å². The van der Waals surface area contributed by atoms with Crippen molar-refractivity contribution in [2.24, 2.45) is 0 Å². The van der Waals surface area contributed by atoms with Crippen molar-refractivity contribution in [3.05, 3.63) is 0 Å². The molecule has 10 nitrogen and oxygen atoms in total. The van der Waals surface area contributed by atoms with Crippen LogP contribution in [0.15, 0.2) is 0 Å². The van der Waals surface area contributed by atoms with E-state index in [0.717, 1.165) is 0 Å². The normalized spacial score (nSPS) is 29.2. The van der Waals surface area contributed by atoms with E-state index in [4.69, 9.17) is 14.6 Å². The molecule has 11 heteroatoms. The highest BCUT2D eigenvalue weighted by Gasteiger charge is 2.43. The molecule has 6 atom stereocenters. The van der Waals surface area contributed by atoms with Crippen molar-refractivity contribution in [2.45, 2.75) is 56.4 Å². The lowest BCUT2D eigenvalue weighted by molar-refractivity contribution is -0.300. The van der Waals surface area contributed by atoms with E-state index in [1.165, 1.54) is 0 Å². The van der Waals surface area contributed by atoms with E-state index in [-0.39, 0.29) is 31.4 Å². The summed E-state index contributed by atoms with van der Waals surface area (Å²) in [5.41, 5.74) is 0. The van der Waals surface area contributed by atoms with E-state index in [1.54, 1.807) is 0 Å². The van der Waals surface area contributed by atoms with Gasteiger partial charge in [-0.2, -0.15) is 0 Å². The monoisotopic (exact) mass is 382 g/mol. The molecule has 0 aliphatic carbocycles. The third-order valence-electron chi connectivity index (χ3n) is 3.77. The van der Waals surface area contributed by atoms with E-state index in [9.17, 15) is 24.9 Å². The van der Waals surface area contributed by atoms with Gasteiger partial charge in [-0.05, 0) is 22.2 Å². The molecule has 0 aromatic rings. The summed E-state index contributed by atoms with van der Waals surface area (Å²) in [6.45, 7) is -0.347. The molecule has 1 aliphatic rings. The predicted octanol–water partition coefficient (Wildman–Crippen LogP) is -2.61. The highest BCUT2D eigenvalue weighted by molar-refractivity contribution is 7.15. The largest absolute Gasteiger partial charge is 0.394 e. The molecule has 0 spiro atoms. The Morgan fingerprint density at radius 3 is 2.28 bits per heavy atom. The summed E-state index contributed by atoms with van der Waals surface area (Å²) in [5.74, 6) is -0.290. The van der Waals surface area contributed by atoms with Crippen molar-refractivity contribution in [3.8, 4) is 0 Å². The summed E-state index contributed by atoms with van der Waals surface area (Å²) < 4.78 is 10.4. The van der Waals surface area contributed by atoms with Crippen molar-refractivity contribution in [1.29, 1.82) is 0 Å². The first-order valence-electron chi connectivity index (χ1n) is 8.09. The first-order valence-corrected chi connectivity index (χ1v) is 8.66. The van der Waals surface area contributed by atoms with Gasteiger partial charge in [-0.1, -0.05) is 0 Å². The number of unbranched alkanes of at least 4 members (excludes halogenated alkanes) is 1. The van der Waals surface area contributed by atoms with Crippen molar-refractivity contribution in [1.82, 2.24) is 10.4 Å². The second-order valence-electron chi connectivity index (χ2n) is 5.69. The molecule has 0 bridgehead atoms. The molecule has 0 saturated carbocycles. The van der Waals surface area contributed by atoms with Gasteiger partial charge < -0.3 is 40.3 Å². The lowest BCUT2D eigenvalue weighted by Gasteiger charge is -2.39. The van der Waals surface area contributed by atoms with Crippen LogP contribution in [0.25, 0.3) is 0 Å². The second-order valence-corrected chi connectivity index (χ2v) is 5.98. The number of aliphatic hydroxyl groups excluding tert-OH is 4. The molecule has 0 aromatic heterocycles. The third-order valence-corrected chi connectivity index (χ3v) is 4.10. The van der Waals surface area contributed by atoms with Gasteiger partial charge in [0.2, 0.25) is 11.8 Å². The Kier molecular flexibility index (Phi) is 10.4. The zero-order chi connectivity index (χ0) is 18.8. The molecule has 2 amide bonds. The highest BCUT2D eigenvalue weighted by atomic mass is 31.0. The molecule has 1 saturated heterocycles. The summed E-state index contributed by atoms with van der Waals surface area (Å²) in [6, 6.07) is 0. The van der Waals surface area contributed by atoms with Gasteiger partial charge >= 0.3 is 0 Å². The van der Waals surface area contributed by atoms with E-state index < -0.39 is 37.3 Å². The maximum absolute atomic E-state index is 11.6. The van der Waals surface area contributed by atoms with Crippen LogP contribution >= 0.6 is 9.39 Å². The van der Waals surface area contributed by atoms with Crippen LogP contribution in [0.2, 0.25) is 0 Å². The average molecular weight is 382 g/mol. The maximum atomic E-state index is 11.6. The fourth-order valence-electron chi connectivity index (χ4n) is 2.30. The molecular weight excluding hydrogens is 355 g/mol. The number of carbonyl (C=O) groups excluding carboxylic acids is 2. The standard InChI is InChI=1S/C14H27N2O8P/c17-7-8-11(20)12(21)13(22)14(24-8)23-6-5-15-9(18)3-1-2-4-10(19)16-25/h8,11-14,17,20-22H,1-7,25H2,(H,15,18)(H,16,19)/t8-,11-,12+,13+,14+/m1/s1. The minimum absolute atomic E-state index is 0.0178. The van der Waals surface area contributed by atoms with Crippen molar-refractivity contribution >= 4 is 21.2 Å². The van der Waals surface area contributed by atoms with Crippen LogP contribution < -0.4 is 10.4 Å². The first-order chi connectivity index (χ1) is 11.9. The zero-order valence-electron chi connectivity index (χ0n) is 13.8. The zero-order valence-corrected chi connectivity index (χ0v) is 15.0. The second kappa shape index (κ2) is 11.7. The van der Waals surface area contributed by atoms with Crippen LogP contribution in [0, 0.1) is 0 Å². The van der Waals surface area contributed by atoms with Crippen LogP contribution in [0.3, 0.4) is 0 Å². The summed E-state index contributed by atoms with van der Waals surface area (Å²) in [7, 11) is 2.12. The lowest BCUT2D eigenvalue weighted by Crippen LogP contribution is -2.59. The molecule has 0 aromatic carbocycles. The molecule has 25 heavy (non-hydrogen) atoms. The smallest absolute Gasteiger partial charge is 0.222 e. The van der Waals surface area contributed by atoms with Crippen molar-refractivity contribution < 1.29 is 39.5 Å². The molecule has 1 aliphatic heterocycles. The Bertz CT molecular complexity index is 426. The number of aliphatic hydroxyl groups is 4. The van der Waals surface area contributed by atoms with Gasteiger partial charge in [-0.25, -0.2) is 0 Å². The molecule has 1 heterocycles. The Morgan fingerprint density at radius 2 is 1.68 bits per heavy atom. The quantitative estimate of drug-likeness (QED) is 0.177. The van der Waals surface area contributed by atoms with Gasteiger partial charge in [0.1, 0.15) is 24.4 Å². The number of hydrogen-bond donors (Lipinski definition) is 6. The van der Waals surface area contributed by atoms with Crippen LogP contribution in [-0.4, -0.2) is 82.7 Å². The van der Waals surface area contributed by atoms with Gasteiger partial charge in [-0.15, -0.1) is 0 Å².